The Bertz CT molecular complexity index is 408. The van der Waals surface area contributed by atoms with Gasteiger partial charge in [-0.1, -0.05) is 42.1 Å². The van der Waals surface area contributed by atoms with Crippen molar-refractivity contribution in [2.24, 2.45) is 11.5 Å². The minimum Gasteiger partial charge on any atom is -0.326 e. The first-order valence-electron chi connectivity index (χ1n) is 6.00. The normalized spacial score (nSPS) is 29.3. The molecule has 0 aliphatic heterocycles. The predicted octanol–water partition coefficient (Wildman–Crippen LogP) is 3.13. The molecule has 2 atom stereocenters. The van der Waals surface area contributed by atoms with Crippen LogP contribution in [0.15, 0.2) is 18.2 Å². The summed E-state index contributed by atoms with van der Waals surface area (Å²) in [5.41, 5.74) is 13.3. The molecule has 1 aliphatic rings. The second-order valence-corrected chi connectivity index (χ2v) is 5.84. The molecule has 0 aromatic heterocycles. The summed E-state index contributed by atoms with van der Waals surface area (Å²) in [7, 11) is 0. The van der Waals surface area contributed by atoms with Crippen molar-refractivity contribution in [3.05, 3.63) is 33.8 Å². The summed E-state index contributed by atoms with van der Waals surface area (Å²) in [6.07, 6.45) is 5.02. The molecule has 2 rings (SSSR count). The third kappa shape index (κ3) is 2.94. The number of rotatable bonds is 2. The van der Waals surface area contributed by atoms with E-state index >= 15 is 0 Å². The van der Waals surface area contributed by atoms with E-state index in [1.807, 2.05) is 12.1 Å². The molecule has 0 radical (unpaired) electrons. The maximum atomic E-state index is 6.42. The van der Waals surface area contributed by atoms with Crippen molar-refractivity contribution >= 4 is 23.2 Å². The van der Waals surface area contributed by atoms with Crippen LogP contribution in [-0.2, 0) is 6.42 Å². The molecule has 1 aromatic rings. The van der Waals surface area contributed by atoms with Gasteiger partial charge in [0.1, 0.15) is 0 Å². The lowest BCUT2D eigenvalue weighted by Gasteiger charge is -2.39. The second kappa shape index (κ2) is 5.15. The zero-order valence-electron chi connectivity index (χ0n) is 9.76. The van der Waals surface area contributed by atoms with Gasteiger partial charge in [-0.15, -0.1) is 0 Å². The minimum atomic E-state index is -0.324. The van der Waals surface area contributed by atoms with E-state index in [-0.39, 0.29) is 11.6 Å². The van der Waals surface area contributed by atoms with Crippen LogP contribution < -0.4 is 11.5 Å². The van der Waals surface area contributed by atoms with E-state index in [0.29, 0.717) is 10.0 Å². The van der Waals surface area contributed by atoms with Gasteiger partial charge >= 0.3 is 0 Å². The van der Waals surface area contributed by atoms with Gasteiger partial charge in [-0.25, -0.2) is 0 Å². The lowest BCUT2D eigenvalue weighted by molar-refractivity contribution is 0.251. The van der Waals surface area contributed by atoms with Crippen molar-refractivity contribution in [1.29, 1.82) is 0 Å². The molecule has 0 heterocycles. The van der Waals surface area contributed by atoms with E-state index in [4.69, 9.17) is 34.7 Å². The molecule has 1 saturated carbocycles. The van der Waals surface area contributed by atoms with Gasteiger partial charge in [0.25, 0.3) is 0 Å². The fourth-order valence-corrected chi connectivity index (χ4v) is 3.01. The van der Waals surface area contributed by atoms with Crippen LogP contribution >= 0.6 is 23.2 Å². The van der Waals surface area contributed by atoms with Gasteiger partial charge in [-0.2, -0.15) is 0 Å². The number of benzene rings is 1. The zero-order chi connectivity index (χ0) is 12.5. The zero-order valence-corrected chi connectivity index (χ0v) is 11.3. The number of halogens is 2. The van der Waals surface area contributed by atoms with Gasteiger partial charge in [0.2, 0.25) is 0 Å². The van der Waals surface area contributed by atoms with Crippen LogP contribution in [0.1, 0.15) is 31.2 Å². The molecule has 2 unspecified atom stereocenters. The summed E-state index contributed by atoms with van der Waals surface area (Å²) in [6, 6.07) is 5.61. The Kier molecular flexibility index (Phi) is 3.99. The molecule has 0 spiro atoms. The lowest BCUT2D eigenvalue weighted by atomic mass is 9.75. The largest absolute Gasteiger partial charge is 0.326 e. The predicted molar refractivity (Wildman–Crippen MR) is 73.5 cm³/mol. The van der Waals surface area contributed by atoms with E-state index < -0.39 is 0 Å². The van der Waals surface area contributed by atoms with Crippen LogP contribution in [0.4, 0.5) is 0 Å². The topological polar surface area (TPSA) is 52.0 Å². The maximum Gasteiger partial charge on any atom is 0.0453 e. The van der Waals surface area contributed by atoms with E-state index in [9.17, 15) is 0 Å². The second-order valence-electron chi connectivity index (χ2n) is 5.00. The molecule has 0 saturated heterocycles. The molecule has 0 bridgehead atoms. The Labute approximate surface area is 112 Å². The Morgan fingerprint density at radius 2 is 2.06 bits per heavy atom. The highest BCUT2D eigenvalue weighted by Crippen LogP contribution is 2.31. The van der Waals surface area contributed by atoms with Crippen molar-refractivity contribution in [2.75, 3.05) is 0 Å². The number of hydrogen-bond acceptors (Lipinski definition) is 2. The van der Waals surface area contributed by atoms with Crippen molar-refractivity contribution in [3.8, 4) is 0 Å². The number of hydrogen-bond donors (Lipinski definition) is 2. The standard InChI is InChI=1S/C13H18Cl2N2/c14-10-5-4-9(11(15)7-10)8-13(17)6-2-1-3-12(13)16/h4-5,7,12H,1-3,6,8,16-17H2. The van der Waals surface area contributed by atoms with Crippen LogP contribution in [0.3, 0.4) is 0 Å². The lowest BCUT2D eigenvalue weighted by Crippen LogP contribution is -2.58. The first-order valence-corrected chi connectivity index (χ1v) is 6.75. The highest BCUT2D eigenvalue weighted by molar-refractivity contribution is 6.35. The third-order valence-electron chi connectivity index (χ3n) is 3.68. The fraction of sp³-hybridized carbons (Fsp3) is 0.538. The molecule has 0 amide bonds. The van der Waals surface area contributed by atoms with E-state index in [2.05, 4.69) is 0 Å². The summed E-state index contributed by atoms with van der Waals surface area (Å²) in [5.74, 6) is 0. The highest BCUT2D eigenvalue weighted by Gasteiger charge is 2.35. The van der Waals surface area contributed by atoms with Gasteiger partial charge in [0.15, 0.2) is 0 Å². The Balaban J connectivity index is 2.19. The molecule has 1 fully saturated rings. The van der Waals surface area contributed by atoms with Crippen molar-refractivity contribution in [1.82, 2.24) is 0 Å². The smallest absolute Gasteiger partial charge is 0.0453 e. The summed E-state index contributed by atoms with van der Waals surface area (Å²) in [4.78, 5) is 0. The van der Waals surface area contributed by atoms with E-state index in [0.717, 1.165) is 31.2 Å². The molecule has 2 nitrogen and oxygen atoms in total. The quantitative estimate of drug-likeness (QED) is 0.869. The SMILES string of the molecule is NC1CCCCC1(N)Cc1ccc(Cl)cc1Cl. The minimum absolute atomic E-state index is 0.0583. The molecule has 17 heavy (non-hydrogen) atoms. The average molecular weight is 273 g/mol. The van der Waals surface area contributed by atoms with Crippen LogP contribution in [0.25, 0.3) is 0 Å². The molecule has 94 valence electrons. The van der Waals surface area contributed by atoms with Gasteiger partial charge < -0.3 is 11.5 Å². The summed E-state index contributed by atoms with van der Waals surface area (Å²) in [5, 5.41) is 1.33. The summed E-state index contributed by atoms with van der Waals surface area (Å²) < 4.78 is 0. The molecule has 1 aromatic carbocycles. The van der Waals surface area contributed by atoms with Crippen molar-refractivity contribution < 1.29 is 0 Å². The Morgan fingerprint density at radius 3 is 2.71 bits per heavy atom. The number of nitrogens with two attached hydrogens (primary N) is 2. The van der Waals surface area contributed by atoms with Gasteiger partial charge in [0, 0.05) is 21.6 Å². The van der Waals surface area contributed by atoms with Gasteiger partial charge in [0.05, 0.1) is 0 Å². The van der Waals surface area contributed by atoms with Crippen molar-refractivity contribution in [2.45, 2.75) is 43.7 Å². The van der Waals surface area contributed by atoms with E-state index in [1.54, 1.807) is 6.07 Å². The van der Waals surface area contributed by atoms with Crippen LogP contribution in [0, 0.1) is 0 Å². The van der Waals surface area contributed by atoms with Crippen LogP contribution in [0.2, 0.25) is 10.0 Å². The first-order chi connectivity index (χ1) is 8.01. The van der Waals surface area contributed by atoms with Gasteiger partial charge in [-0.3, -0.25) is 0 Å². The average Bonchev–Trinajstić information content (AvgIpc) is 2.27. The summed E-state index contributed by atoms with van der Waals surface area (Å²) in [6.45, 7) is 0. The fourth-order valence-electron chi connectivity index (χ4n) is 2.53. The Hall–Kier alpha value is -0.280. The summed E-state index contributed by atoms with van der Waals surface area (Å²) >= 11 is 12.1. The third-order valence-corrected chi connectivity index (χ3v) is 4.27. The Morgan fingerprint density at radius 1 is 1.29 bits per heavy atom. The van der Waals surface area contributed by atoms with Crippen LogP contribution in [0.5, 0.6) is 0 Å². The van der Waals surface area contributed by atoms with Gasteiger partial charge in [-0.05, 0) is 37.0 Å². The van der Waals surface area contributed by atoms with Crippen LogP contribution in [-0.4, -0.2) is 11.6 Å². The molecule has 4 heteroatoms. The molecule has 1 aliphatic carbocycles. The molecule has 4 N–H and O–H groups in total. The van der Waals surface area contributed by atoms with E-state index in [1.165, 1.54) is 6.42 Å². The maximum absolute atomic E-state index is 6.42. The first kappa shape index (κ1) is 13.2. The monoisotopic (exact) mass is 272 g/mol. The van der Waals surface area contributed by atoms with Crippen molar-refractivity contribution in [3.63, 3.8) is 0 Å². The molecular weight excluding hydrogens is 255 g/mol. The molecular formula is C13H18Cl2N2. The highest BCUT2D eigenvalue weighted by atomic mass is 35.5.